The Labute approximate surface area is 108 Å². The summed E-state index contributed by atoms with van der Waals surface area (Å²) in [5.74, 6) is 2.31. The average Bonchev–Trinajstić information content (AvgIpc) is 2.39. The molecule has 0 unspecified atom stereocenters. The van der Waals surface area contributed by atoms with Crippen molar-refractivity contribution in [3.8, 4) is 12.3 Å². The van der Waals surface area contributed by atoms with E-state index in [1.165, 1.54) is 12.1 Å². The number of rotatable bonds is 6. The number of hydrogen-bond acceptors (Lipinski definition) is 3. The Bertz CT molecular complexity index is 573. The van der Waals surface area contributed by atoms with Crippen LogP contribution < -0.4 is 0 Å². The summed E-state index contributed by atoms with van der Waals surface area (Å²) in [5.41, 5.74) is 2.46. The lowest BCUT2D eigenvalue weighted by atomic mass is 10.4. The summed E-state index contributed by atoms with van der Waals surface area (Å²) in [4.78, 5) is 0.346. The molecule has 0 aliphatic carbocycles. The van der Waals surface area contributed by atoms with Crippen molar-refractivity contribution >= 4 is 9.84 Å². The average molecular weight is 262 g/mol. The van der Waals surface area contributed by atoms with Gasteiger partial charge >= 0.3 is 0 Å². The lowest BCUT2D eigenvalue weighted by molar-refractivity contribution is 0.172. The van der Waals surface area contributed by atoms with Gasteiger partial charge in [-0.25, -0.2) is 8.42 Å². The van der Waals surface area contributed by atoms with Crippen molar-refractivity contribution in [2.45, 2.75) is 11.3 Å². The smallest absolute Gasteiger partial charge is 0.210 e. The van der Waals surface area contributed by atoms with E-state index in [-0.39, 0.29) is 29.4 Å². The fourth-order valence-electron chi connectivity index (χ4n) is 1.36. The van der Waals surface area contributed by atoms with Gasteiger partial charge in [0, 0.05) is 6.42 Å². The SMILES string of the molecule is C#CCOCCC(=C=C)S(=O)(=O)c1ccccc1. The van der Waals surface area contributed by atoms with Crippen LogP contribution >= 0.6 is 0 Å². The molecule has 0 amide bonds. The van der Waals surface area contributed by atoms with E-state index in [0.29, 0.717) is 0 Å². The van der Waals surface area contributed by atoms with E-state index in [0.717, 1.165) is 0 Å². The molecule has 1 aromatic carbocycles. The third-order valence-corrected chi connectivity index (χ3v) is 4.12. The van der Waals surface area contributed by atoms with Gasteiger partial charge in [0.05, 0.1) is 16.4 Å². The third kappa shape index (κ3) is 3.61. The van der Waals surface area contributed by atoms with Crippen LogP contribution in [0.5, 0.6) is 0 Å². The first-order valence-corrected chi connectivity index (χ1v) is 6.81. The molecule has 1 rings (SSSR count). The molecular formula is C14H14O3S. The predicted molar refractivity (Wildman–Crippen MR) is 70.5 cm³/mol. The molecule has 0 spiro atoms. The minimum Gasteiger partial charge on any atom is -0.368 e. The highest BCUT2D eigenvalue weighted by atomic mass is 32.2. The minimum absolute atomic E-state index is 0.116. The van der Waals surface area contributed by atoms with E-state index >= 15 is 0 Å². The fourth-order valence-corrected chi connectivity index (χ4v) is 2.70. The minimum atomic E-state index is -3.53. The number of hydrogen-bond donors (Lipinski definition) is 0. The monoisotopic (exact) mass is 262 g/mol. The molecule has 0 heterocycles. The molecule has 18 heavy (non-hydrogen) atoms. The maximum Gasteiger partial charge on any atom is 0.210 e. The Kier molecular flexibility index (Phi) is 5.41. The van der Waals surface area contributed by atoms with Gasteiger partial charge in [0.25, 0.3) is 0 Å². The van der Waals surface area contributed by atoms with Crippen molar-refractivity contribution in [3.63, 3.8) is 0 Å². The van der Waals surface area contributed by atoms with E-state index in [9.17, 15) is 8.42 Å². The summed E-state index contributed by atoms with van der Waals surface area (Å²) in [6.45, 7) is 3.81. The van der Waals surface area contributed by atoms with Gasteiger partial charge in [-0.1, -0.05) is 30.7 Å². The molecule has 1 aromatic rings. The molecule has 3 nitrogen and oxygen atoms in total. The first-order chi connectivity index (χ1) is 8.62. The van der Waals surface area contributed by atoms with Gasteiger partial charge in [-0.05, 0) is 12.1 Å². The Morgan fingerprint density at radius 1 is 1.33 bits per heavy atom. The van der Waals surface area contributed by atoms with Crippen molar-refractivity contribution in [1.29, 1.82) is 0 Å². The normalized spacial score (nSPS) is 10.4. The Morgan fingerprint density at radius 3 is 2.56 bits per heavy atom. The van der Waals surface area contributed by atoms with E-state index < -0.39 is 9.84 Å². The number of ether oxygens (including phenoxy) is 1. The van der Waals surface area contributed by atoms with Gasteiger partial charge in [0.2, 0.25) is 9.84 Å². The van der Waals surface area contributed by atoms with Crippen LogP contribution in [0.2, 0.25) is 0 Å². The van der Waals surface area contributed by atoms with Crippen LogP contribution in [0.4, 0.5) is 0 Å². The zero-order valence-corrected chi connectivity index (χ0v) is 10.7. The van der Waals surface area contributed by atoms with Crippen molar-refractivity contribution in [3.05, 3.63) is 47.5 Å². The lowest BCUT2D eigenvalue weighted by Crippen LogP contribution is -2.07. The van der Waals surface area contributed by atoms with E-state index in [1.807, 2.05) is 0 Å². The van der Waals surface area contributed by atoms with Crippen LogP contribution in [0.15, 0.2) is 52.4 Å². The molecule has 0 aliphatic heterocycles. The molecule has 0 atom stereocenters. The second kappa shape index (κ2) is 6.83. The summed E-state index contributed by atoms with van der Waals surface area (Å²) in [6.07, 6.45) is 5.24. The maximum atomic E-state index is 12.2. The Hall–Kier alpha value is -1.79. The second-order valence-corrected chi connectivity index (χ2v) is 5.39. The highest BCUT2D eigenvalue weighted by Crippen LogP contribution is 2.20. The van der Waals surface area contributed by atoms with E-state index in [4.69, 9.17) is 11.2 Å². The predicted octanol–water partition coefficient (Wildman–Crippen LogP) is 2.17. The van der Waals surface area contributed by atoms with Crippen molar-refractivity contribution in [2.24, 2.45) is 0 Å². The van der Waals surface area contributed by atoms with Gasteiger partial charge in [0.1, 0.15) is 6.61 Å². The van der Waals surface area contributed by atoms with Gasteiger partial charge in [-0.3, -0.25) is 0 Å². The third-order valence-electron chi connectivity index (χ3n) is 2.23. The summed E-state index contributed by atoms with van der Waals surface area (Å²) in [7, 11) is -3.53. The van der Waals surface area contributed by atoms with Gasteiger partial charge in [0.15, 0.2) is 0 Å². The molecule has 0 bridgehead atoms. The zero-order valence-electron chi connectivity index (χ0n) is 9.93. The molecule has 0 saturated heterocycles. The quantitative estimate of drug-likeness (QED) is 0.448. The van der Waals surface area contributed by atoms with Crippen LogP contribution in [-0.2, 0) is 14.6 Å². The van der Waals surface area contributed by atoms with Gasteiger partial charge in [-0.2, -0.15) is 0 Å². The first kappa shape index (κ1) is 14.3. The van der Waals surface area contributed by atoms with Gasteiger partial charge < -0.3 is 4.74 Å². The zero-order chi connectivity index (χ0) is 13.4. The highest BCUT2D eigenvalue weighted by molar-refractivity contribution is 7.95. The molecule has 0 N–H and O–H groups in total. The first-order valence-electron chi connectivity index (χ1n) is 5.33. The molecular weight excluding hydrogens is 248 g/mol. The summed E-state index contributed by atoms with van der Waals surface area (Å²) < 4.78 is 29.4. The van der Waals surface area contributed by atoms with Crippen LogP contribution in [0.25, 0.3) is 0 Å². The van der Waals surface area contributed by atoms with Crippen molar-refractivity contribution < 1.29 is 13.2 Å². The maximum absolute atomic E-state index is 12.2. The molecule has 0 radical (unpaired) electrons. The van der Waals surface area contributed by atoms with Crippen LogP contribution in [0, 0.1) is 12.3 Å². The van der Waals surface area contributed by atoms with Crippen molar-refractivity contribution in [2.75, 3.05) is 13.2 Å². The Morgan fingerprint density at radius 2 is 2.00 bits per heavy atom. The van der Waals surface area contributed by atoms with Crippen LogP contribution in [-0.4, -0.2) is 21.6 Å². The summed E-state index contributed by atoms with van der Waals surface area (Å²) in [5, 5.41) is 0. The molecule has 0 aliphatic rings. The molecule has 94 valence electrons. The second-order valence-electron chi connectivity index (χ2n) is 3.42. The molecule has 4 heteroatoms. The van der Waals surface area contributed by atoms with E-state index in [1.54, 1.807) is 18.2 Å². The number of sulfone groups is 1. The summed E-state index contributed by atoms with van der Waals surface area (Å²) >= 11 is 0. The fraction of sp³-hybridized carbons (Fsp3) is 0.214. The number of benzene rings is 1. The van der Waals surface area contributed by atoms with E-state index in [2.05, 4.69) is 18.2 Å². The number of terminal acetylenes is 1. The topological polar surface area (TPSA) is 43.4 Å². The van der Waals surface area contributed by atoms with Crippen LogP contribution in [0.1, 0.15) is 6.42 Å². The molecule has 0 aromatic heterocycles. The Balaban J connectivity index is 2.84. The molecule has 0 saturated carbocycles. The summed E-state index contributed by atoms with van der Waals surface area (Å²) in [6, 6.07) is 8.17. The highest BCUT2D eigenvalue weighted by Gasteiger charge is 2.19. The lowest BCUT2D eigenvalue weighted by Gasteiger charge is -2.06. The standard InChI is InChI=1S/C14H14O3S/c1-3-11-17-12-10-13(4-2)18(15,16)14-8-6-5-7-9-14/h1,5-9H,2,10-12H2. The molecule has 0 fully saturated rings. The van der Waals surface area contributed by atoms with Crippen molar-refractivity contribution in [1.82, 2.24) is 0 Å². The van der Waals surface area contributed by atoms with Gasteiger partial charge in [-0.15, -0.1) is 12.2 Å². The van der Waals surface area contributed by atoms with Crippen LogP contribution in [0.3, 0.4) is 0 Å². The largest absolute Gasteiger partial charge is 0.368 e.